The van der Waals surface area contributed by atoms with E-state index in [1.165, 1.54) is 35.2 Å². The summed E-state index contributed by atoms with van der Waals surface area (Å²) in [6, 6.07) is 8.80. The maximum atomic E-state index is 13.5. The van der Waals surface area contributed by atoms with Gasteiger partial charge in [0.1, 0.15) is 24.3 Å². The molecule has 3 atom stereocenters. The molecular formula is C24H28FN3O6S. The molecule has 2 amide bonds. The number of anilines is 1. The summed E-state index contributed by atoms with van der Waals surface area (Å²) in [7, 11) is 1.01. The molecule has 0 aliphatic carbocycles. The molecule has 2 aromatic rings. The van der Waals surface area contributed by atoms with Crippen molar-refractivity contribution in [3.8, 4) is 5.75 Å². The number of rotatable bonds is 5. The summed E-state index contributed by atoms with van der Waals surface area (Å²) in [6.45, 7) is 0.177. The fourth-order valence-electron chi connectivity index (χ4n) is 4.32. The van der Waals surface area contributed by atoms with E-state index in [-0.39, 0.29) is 53.1 Å². The van der Waals surface area contributed by atoms with Gasteiger partial charge in [0.15, 0.2) is 0 Å². The summed E-state index contributed by atoms with van der Waals surface area (Å²) < 4.78 is 53.3. The second kappa shape index (κ2) is 9.82. The molecule has 2 aliphatic heterocycles. The van der Waals surface area contributed by atoms with Gasteiger partial charge in [-0.2, -0.15) is 0 Å². The molecule has 1 fully saturated rings. The van der Waals surface area contributed by atoms with Crippen LogP contribution in [0.2, 0.25) is 0 Å². The summed E-state index contributed by atoms with van der Waals surface area (Å²) >= 11 is 0. The first-order valence-corrected chi connectivity index (χ1v) is 12.7. The minimum Gasteiger partial charge on any atom is -0.490 e. The Balaban J connectivity index is 1.54. The minimum atomic E-state index is -4.06. The van der Waals surface area contributed by atoms with E-state index in [0.717, 1.165) is 12.1 Å². The van der Waals surface area contributed by atoms with Crippen LogP contribution < -0.4 is 9.46 Å². The fourth-order valence-corrected chi connectivity index (χ4v) is 5.40. The lowest BCUT2D eigenvalue weighted by Gasteiger charge is -2.42. The largest absolute Gasteiger partial charge is 0.490 e. The van der Waals surface area contributed by atoms with Gasteiger partial charge in [-0.05, 0) is 49.2 Å². The standard InChI is InChI=1S/C24H28FN3O6S/c1-27(2)23(29)13-17-8-9-20-22(34-17)14-33-21-10-7-16(12-19(21)24(30)28(20)3)26-35(31,32)18-6-4-5-15(25)11-18/h4-7,10-12,17,20,22,26H,8-9,13-14H2,1-3H3/t17-,20-,22-/m0/s1. The van der Waals surface area contributed by atoms with Crippen LogP contribution in [0.15, 0.2) is 47.4 Å². The molecule has 0 aromatic heterocycles. The summed E-state index contributed by atoms with van der Waals surface area (Å²) in [5.41, 5.74) is 0.355. The second-order valence-corrected chi connectivity index (χ2v) is 10.6. The predicted molar refractivity (Wildman–Crippen MR) is 126 cm³/mol. The Hall–Kier alpha value is -3.18. The van der Waals surface area contributed by atoms with Crippen LogP contribution in [0.4, 0.5) is 10.1 Å². The van der Waals surface area contributed by atoms with Crippen molar-refractivity contribution in [2.45, 2.75) is 42.4 Å². The molecule has 0 saturated carbocycles. The van der Waals surface area contributed by atoms with Gasteiger partial charge < -0.3 is 19.3 Å². The van der Waals surface area contributed by atoms with Crippen molar-refractivity contribution in [2.24, 2.45) is 0 Å². The molecule has 0 unspecified atom stereocenters. The quantitative estimate of drug-likeness (QED) is 0.670. The Morgan fingerprint density at radius 1 is 1.20 bits per heavy atom. The molecule has 1 saturated heterocycles. The number of sulfonamides is 1. The zero-order valence-electron chi connectivity index (χ0n) is 19.7. The van der Waals surface area contributed by atoms with Crippen LogP contribution >= 0.6 is 0 Å². The van der Waals surface area contributed by atoms with Crippen molar-refractivity contribution >= 4 is 27.5 Å². The van der Waals surface area contributed by atoms with Gasteiger partial charge in [0, 0.05) is 26.8 Å². The van der Waals surface area contributed by atoms with E-state index < -0.39 is 21.9 Å². The van der Waals surface area contributed by atoms with E-state index in [1.807, 2.05) is 0 Å². The van der Waals surface area contributed by atoms with Crippen molar-refractivity contribution in [1.29, 1.82) is 0 Å². The van der Waals surface area contributed by atoms with Gasteiger partial charge in [-0.15, -0.1) is 0 Å². The lowest BCUT2D eigenvalue weighted by molar-refractivity contribution is -0.140. The minimum absolute atomic E-state index is 0.0248. The number of nitrogens with one attached hydrogen (secondary N) is 1. The molecule has 2 aromatic carbocycles. The van der Waals surface area contributed by atoms with E-state index in [0.29, 0.717) is 18.6 Å². The van der Waals surface area contributed by atoms with Gasteiger partial charge in [0.2, 0.25) is 5.91 Å². The highest BCUT2D eigenvalue weighted by atomic mass is 32.2. The van der Waals surface area contributed by atoms with Crippen LogP contribution in [-0.2, 0) is 19.6 Å². The number of fused-ring (bicyclic) bond motifs is 2. The monoisotopic (exact) mass is 505 g/mol. The summed E-state index contributed by atoms with van der Waals surface area (Å²) in [4.78, 5) is 28.3. The van der Waals surface area contributed by atoms with E-state index in [1.54, 1.807) is 26.0 Å². The van der Waals surface area contributed by atoms with Crippen LogP contribution in [0, 0.1) is 5.82 Å². The number of ether oxygens (including phenoxy) is 2. The van der Waals surface area contributed by atoms with Crippen molar-refractivity contribution in [3.05, 3.63) is 53.8 Å². The van der Waals surface area contributed by atoms with Crippen LogP contribution in [0.25, 0.3) is 0 Å². The molecule has 0 radical (unpaired) electrons. The number of halogens is 1. The third kappa shape index (κ3) is 5.40. The summed E-state index contributed by atoms with van der Waals surface area (Å²) in [6.07, 6.45) is 0.870. The van der Waals surface area contributed by atoms with Crippen LogP contribution in [-0.4, -0.2) is 76.0 Å². The maximum absolute atomic E-state index is 13.5. The molecule has 9 nitrogen and oxygen atoms in total. The van der Waals surface area contributed by atoms with Crippen molar-refractivity contribution in [1.82, 2.24) is 9.80 Å². The Morgan fingerprint density at radius 2 is 1.97 bits per heavy atom. The average Bonchev–Trinajstić information content (AvgIpc) is 2.81. The highest BCUT2D eigenvalue weighted by Crippen LogP contribution is 2.33. The van der Waals surface area contributed by atoms with Gasteiger partial charge in [-0.1, -0.05) is 6.07 Å². The van der Waals surface area contributed by atoms with Crippen molar-refractivity contribution < 1.29 is 31.9 Å². The smallest absolute Gasteiger partial charge is 0.261 e. The molecule has 188 valence electrons. The van der Waals surface area contributed by atoms with E-state index in [9.17, 15) is 22.4 Å². The zero-order valence-corrected chi connectivity index (χ0v) is 20.5. The summed E-state index contributed by atoms with van der Waals surface area (Å²) in [5, 5.41) is 0. The molecular weight excluding hydrogens is 477 g/mol. The number of amides is 2. The highest BCUT2D eigenvalue weighted by molar-refractivity contribution is 7.92. The fraction of sp³-hybridized carbons (Fsp3) is 0.417. The first-order chi connectivity index (χ1) is 16.5. The Bertz CT molecular complexity index is 1240. The number of hydrogen-bond acceptors (Lipinski definition) is 6. The number of likely N-dealkylation sites (N-methyl/N-ethyl adjacent to an activating group) is 1. The maximum Gasteiger partial charge on any atom is 0.261 e. The van der Waals surface area contributed by atoms with E-state index in [2.05, 4.69) is 4.72 Å². The van der Waals surface area contributed by atoms with E-state index >= 15 is 0 Å². The first kappa shape index (κ1) is 24.9. The second-order valence-electron chi connectivity index (χ2n) is 8.93. The third-order valence-corrected chi connectivity index (χ3v) is 7.65. The number of benzene rings is 2. The topological polar surface area (TPSA) is 105 Å². The SMILES string of the molecule is CN(C)C(=O)C[C@@H]1CC[C@H]2[C@H](COc3ccc(NS(=O)(=O)c4cccc(F)c4)cc3C(=O)N2C)O1. The summed E-state index contributed by atoms with van der Waals surface area (Å²) in [5.74, 6) is -0.742. The first-order valence-electron chi connectivity index (χ1n) is 11.2. The normalized spacial score (nSPS) is 22.2. The molecule has 4 rings (SSSR count). The Labute approximate surface area is 203 Å². The van der Waals surface area contributed by atoms with Crippen LogP contribution in [0.1, 0.15) is 29.6 Å². The molecule has 2 heterocycles. The lowest BCUT2D eigenvalue weighted by atomic mass is 9.94. The molecule has 0 spiro atoms. The number of carbonyl (C=O) groups is 2. The Kier molecular flexibility index (Phi) is 7.00. The van der Waals surface area contributed by atoms with Gasteiger partial charge >= 0.3 is 0 Å². The van der Waals surface area contributed by atoms with Gasteiger partial charge in [0.25, 0.3) is 15.9 Å². The average molecular weight is 506 g/mol. The molecule has 11 heteroatoms. The number of nitrogens with zero attached hydrogens (tertiary/aromatic N) is 2. The van der Waals surface area contributed by atoms with Crippen LogP contribution in [0.3, 0.4) is 0 Å². The van der Waals surface area contributed by atoms with Gasteiger partial charge in [-0.25, -0.2) is 12.8 Å². The van der Waals surface area contributed by atoms with Crippen LogP contribution in [0.5, 0.6) is 5.75 Å². The lowest BCUT2D eigenvalue weighted by Crippen LogP contribution is -2.53. The molecule has 1 N–H and O–H groups in total. The molecule has 35 heavy (non-hydrogen) atoms. The Morgan fingerprint density at radius 3 is 2.69 bits per heavy atom. The predicted octanol–water partition coefficient (Wildman–Crippen LogP) is 2.49. The van der Waals surface area contributed by atoms with Gasteiger partial charge in [-0.3, -0.25) is 14.3 Å². The van der Waals surface area contributed by atoms with Gasteiger partial charge in [0.05, 0.1) is 29.0 Å². The number of carbonyl (C=O) groups excluding carboxylic acids is 2. The van der Waals surface area contributed by atoms with Crippen molar-refractivity contribution in [3.63, 3.8) is 0 Å². The van der Waals surface area contributed by atoms with E-state index in [4.69, 9.17) is 9.47 Å². The molecule has 0 bridgehead atoms. The molecule has 2 aliphatic rings. The zero-order chi connectivity index (χ0) is 25.3. The highest BCUT2D eigenvalue weighted by Gasteiger charge is 2.39. The third-order valence-electron chi connectivity index (χ3n) is 6.27. The van der Waals surface area contributed by atoms with Crippen molar-refractivity contribution in [2.75, 3.05) is 32.5 Å². The number of hydrogen-bond donors (Lipinski definition) is 1.